The molecule has 0 aromatic carbocycles. The number of allylic oxidation sites excluding steroid dienone is 3. The van der Waals surface area contributed by atoms with Crippen LogP contribution in [0.15, 0.2) is 47.6 Å². The van der Waals surface area contributed by atoms with Gasteiger partial charge in [-0.15, -0.1) is 0 Å². The number of ether oxygens (including phenoxy) is 6. The van der Waals surface area contributed by atoms with Crippen LogP contribution in [-0.2, 0) is 52.4 Å². The third kappa shape index (κ3) is 6.73. The number of rotatable bonds is 13. The molecule has 2 aliphatic heterocycles. The van der Waals surface area contributed by atoms with E-state index in [1.54, 1.807) is 6.92 Å². The van der Waals surface area contributed by atoms with Crippen molar-refractivity contribution in [2.45, 2.75) is 90.1 Å². The molecule has 44 heavy (non-hydrogen) atoms. The minimum absolute atomic E-state index is 0.00312. The summed E-state index contributed by atoms with van der Waals surface area (Å²) in [4.78, 5) is 60.2. The van der Waals surface area contributed by atoms with E-state index in [0.717, 1.165) is 6.42 Å². The Balaban J connectivity index is 1.41. The Morgan fingerprint density at radius 1 is 1.00 bits per heavy atom. The quantitative estimate of drug-likeness (QED) is 0.0749. The molecule has 4 aliphatic rings. The number of methoxy groups -OCH3 is 1. The van der Waals surface area contributed by atoms with Crippen LogP contribution >= 0.6 is 0 Å². The van der Waals surface area contributed by atoms with Gasteiger partial charge in [0, 0.05) is 42.9 Å². The molecule has 2 heterocycles. The van der Waals surface area contributed by atoms with Gasteiger partial charge in [-0.05, 0) is 33.6 Å². The van der Waals surface area contributed by atoms with E-state index in [0.29, 0.717) is 31.4 Å². The van der Waals surface area contributed by atoms with Crippen LogP contribution in [-0.4, -0.2) is 80.5 Å². The highest BCUT2D eigenvalue weighted by atomic mass is 16.6. The Kier molecular flexibility index (Phi) is 10.3. The lowest BCUT2D eigenvalue weighted by molar-refractivity contribution is -0.233. The van der Waals surface area contributed by atoms with E-state index < -0.39 is 46.4 Å². The van der Waals surface area contributed by atoms with E-state index in [4.69, 9.17) is 23.7 Å². The maximum atomic E-state index is 13.0. The zero-order valence-corrected chi connectivity index (χ0v) is 26.1. The number of epoxide rings is 1. The number of fused-ring (bicyclic) bond motifs is 2. The monoisotopic (exact) mass is 614 g/mol. The summed E-state index contributed by atoms with van der Waals surface area (Å²) in [5.74, 6) is -2.20. The summed E-state index contributed by atoms with van der Waals surface area (Å²) in [5, 5.41) is 0. The van der Waals surface area contributed by atoms with Gasteiger partial charge in [0.2, 0.25) is 0 Å². The molecule has 2 aliphatic carbocycles. The molecule has 0 amide bonds. The topological polar surface area (TPSA) is 144 Å². The molecule has 0 aromatic rings. The first-order chi connectivity index (χ1) is 20.9. The molecule has 4 rings (SSSR count). The maximum Gasteiger partial charge on any atom is 0.331 e. The average Bonchev–Trinajstić information content (AvgIpc) is 3.75. The zero-order chi connectivity index (χ0) is 32.1. The molecule has 0 radical (unpaired) electrons. The Morgan fingerprint density at radius 3 is 2.36 bits per heavy atom. The van der Waals surface area contributed by atoms with Gasteiger partial charge in [-0.2, -0.15) is 0 Å². The van der Waals surface area contributed by atoms with Gasteiger partial charge in [-0.3, -0.25) is 4.79 Å². The van der Waals surface area contributed by atoms with E-state index >= 15 is 0 Å². The van der Waals surface area contributed by atoms with Crippen molar-refractivity contribution in [1.29, 1.82) is 0 Å². The van der Waals surface area contributed by atoms with Crippen molar-refractivity contribution >= 4 is 29.7 Å². The minimum Gasteiger partial charge on any atom is -0.466 e. The van der Waals surface area contributed by atoms with Gasteiger partial charge in [-0.1, -0.05) is 36.3 Å². The largest absolute Gasteiger partial charge is 0.466 e. The summed E-state index contributed by atoms with van der Waals surface area (Å²) in [6, 6.07) is 0. The second-order valence-corrected chi connectivity index (χ2v) is 12.3. The highest BCUT2D eigenvalue weighted by Gasteiger charge is 2.83. The summed E-state index contributed by atoms with van der Waals surface area (Å²) in [5.41, 5.74) is -0.181. The van der Waals surface area contributed by atoms with Gasteiger partial charge in [0.15, 0.2) is 0 Å². The number of Topliss-reactive ketones (excluding diaryl/α,β-unsaturated/α-hetero) is 1. The predicted molar refractivity (Wildman–Crippen MR) is 156 cm³/mol. The van der Waals surface area contributed by atoms with Crippen molar-refractivity contribution < 1.29 is 52.4 Å². The van der Waals surface area contributed by atoms with Crippen LogP contribution in [0.5, 0.6) is 0 Å². The molecule has 1 spiro atoms. The summed E-state index contributed by atoms with van der Waals surface area (Å²) in [6.07, 6.45) is 9.75. The Labute approximate surface area is 257 Å². The standard InChI is InChI=1S/C33H42O11/c1-21-12-14-32(19-41-28(36)11-10-23(3)34)25(16-21)43-26-18-24(31(32,4)33(26)20-42-33)44-29(37)9-7-6-8-27(35)40-15-13-22(2)17-30(38)39-5/h6-9,16-17,24-26H,10-15,18-20H2,1-5H3/b8-6+,9-7+,22-17+. The molecule has 3 fully saturated rings. The van der Waals surface area contributed by atoms with Gasteiger partial charge in [0.05, 0.1) is 44.4 Å². The second-order valence-electron chi connectivity index (χ2n) is 12.3. The van der Waals surface area contributed by atoms with Gasteiger partial charge in [-0.25, -0.2) is 14.4 Å². The molecule has 2 bridgehead atoms. The molecule has 1 saturated carbocycles. The lowest BCUT2D eigenvalue weighted by atomic mass is 9.51. The molecular weight excluding hydrogens is 572 g/mol. The van der Waals surface area contributed by atoms with Gasteiger partial charge in [0.25, 0.3) is 0 Å². The number of esters is 4. The lowest BCUT2D eigenvalue weighted by Gasteiger charge is -2.58. The minimum atomic E-state index is -0.713. The van der Waals surface area contributed by atoms with Crippen molar-refractivity contribution in [3.8, 4) is 0 Å². The van der Waals surface area contributed by atoms with E-state index in [2.05, 4.69) is 10.8 Å². The molecule has 2 saturated heterocycles. The fraction of sp³-hybridized carbons (Fsp3) is 0.606. The Morgan fingerprint density at radius 2 is 1.70 bits per heavy atom. The summed E-state index contributed by atoms with van der Waals surface area (Å²) in [6.45, 7) is 7.86. The van der Waals surface area contributed by atoms with Crippen LogP contribution in [0.4, 0.5) is 0 Å². The normalized spacial score (nSPS) is 32.2. The molecular formula is C33H42O11. The number of ketones is 1. The van der Waals surface area contributed by atoms with Crippen LogP contribution in [0.25, 0.3) is 0 Å². The van der Waals surface area contributed by atoms with Crippen LogP contribution in [0.3, 0.4) is 0 Å². The molecule has 11 heteroatoms. The van der Waals surface area contributed by atoms with E-state index in [1.807, 2.05) is 13.8 Å². The lowest BCUT2D eigenvalue weighted by Crippen LogP contribution is -2.66. The van der Waals surface area contributed by atoms with Crippen LogP contribution in [0.1, 0.15) is 66.2 Å². The van der Waals surface area contributed by atoms with E-state index in [9.17, 15) is 24.0 Å². The summed E-state index contributed by atoms with van der Waals surface area (Å²) < 4.78 is 34.2. The molecule has 6 unspecified atom stereocenters. The number of carbonyl (C=O) groups is 5. The maximum absolute atomic E-state index is 13.0. The Bertz CT molecular complexity index is 1290. The van der Waals surface area contributed by atoms with Gasteiger partial charge in [0.1, 0.15) is 24.1 Å². The van der Waals surface area contributed by atoms with Crippen molar-refractivity contribution in [2.75, 3.05) is 26.9 Å². The SMILES string of the molecule is COC(=O)/C=C(\C)CCOC(=O)/C=C/C=C/C(=O)OC1CC2OC3C=C(C)CCC3(COC(=O)CCC(C)=O)C1(C)C21CO1. The summed E-state index contributed by atoms with van der Waals surface area (Å²) >= 11 is 0. The van der Waals surface area contributed by atoms with E-state index in [1.165, 1.54) is 50.0 Å². The Hall–Kier alpha value is -3.57. The first-order valence-corrected chi connectivity index (χ1v) is 15.0. The first kappa shape index (κ1) is 33.3. The molecule has 6 atom stereocenters. The number of hydrogen-bond donors (Lipinski definition) is 0. The molecule has 0 aromatic heterocycles. The van der Waals surface area contributed by atoms with Gasteiger partial charge < -0.3 is 33.2 Å². The number of hydrogen-bond acceptors (Lipinski definition) is 11. The second kappa shape index (κ2) is 13.6. The molecule has 240 valence electrons. The van der Waals surface area contributed by atoms with Crippen molar-refractivity contribution in [3.63, 3.8) is 0 Å². The third-order valence-electron chi connectivity index (χ3n) is 9.53. The summed E-state index contributed by atoms with van der Waals surface area (Å²) in [7, 11) is 1.28. The average molecular weight is 615 g/mol. The predicted octanol–water partition coefficient (Wildman–Crippen LogP) is 3.65. The fourth-order valence-corrected chi connectivity index (χ4v) is 6.83. The van der Waals surface area contributed by atoms with Gasteiger partial charge >= 0.3 is 23.9 Å². The smallest absolute Gasteiger partial charge is 0.331 e. The van der Waals surface area contributed by atoms with E-state index in [-0.39, 0.29) is 44.0 Å². The van der Waals surface area contributed by atoms with Crippen molar-refractivity contribution in [2.24, 2.45) is 10.8 Å². The first-order valence-electron chi connectivity index (χ1n) is 15.0. The highest BCUT2D eigenvalue weighted by Crippen LogP contribution is 2.72. The third-order valence-corrected chi connectivity index (χ3v) is 9.53. The van der Waals surface area contributed by atoms with Crippen molar-refractivity contribution in [1.82, 2.24) is 0 Å². The van der Waals surface area contributed by atoms with Crippen molar-refractivity contribution in [3.05, 3.63) is 47.6 Å². The van der Waals surface area contributed by atoms with Crippen LogP contribution in [0.2, 0.25) is 0 Å². The highest BCUT2D eigenvalue weighted by molar-refractivity contribution is 5.85. The molecule has 11 nitrogen and oxygen atoms in total. The fourth-order valence-electron chi connectivity index (χ4n) is 6.83. The number of carbonyl (C=O) groups excluding carboxylic acids is 5. The zero-order valence-electron chi connectivity index (χ0n) is 26.1. The van der Waals surface area contributed by atoms with Crippen LogP contribution in [0, 0.1) is 10.8 Å². The van der Waals surface area contributed by atoms with Crippen LogP contribution < -0.4 is 0 Å². The molecule has 0 N–H and O–H groups in total.